The second-order valence-corrected chi connectivity index (χ2v) is 5.16. The van der Waals surface area contributed by atoms with Gasteiger partial charge in [0.15, 0.2) is 0 Å². The number of aromatic hydroxyl groups is 2. The van der Waals surface area contributed by atoms with Gasteiger partial charge >= 0.3 is 0 Å². The second-order valence-electron chi connectivity index (χ2n) is 5.16. The third kappa shape index (κ3) is 4.19. The monoisotopic (exact) mass is 296 g/mol. The molecule has 0 heterocycles. The Bertz CT molecular complexity index is 621. The normalized spacial score (nSPS) is 14.5. The highest BCUT2D eigenvalue weighted by Crippen LogP contribution is 2.15. The summed E-state index contributed by atoms with van der Waals surface area (Å²) in [6.45, 7) is 3.92. The largest absolute Gasteiger partial charge is 0.507 e. The Hall–Kier alpha value is -2.62. The molecule has 0 unspecified atom stereocenters. The molecule has 0 radical (unpaired) electrons. The average Bonchev–Trinajstić information content (AvgIpc) is 2.52. The smallest absolute Gasteiger partial charge is 0.124 e. The first kappa shape index (κ1) is 15.8. The molecule has 4 nitrogen and oxygen atoms in total. The molecule has 0 bridgehead atoms. The number of hydrogen-bond acceptors (Lipinski definition) is 4. The standard InChI is InChI=1S/C18H20N2O2/c1-13(19-11-15-7-3-5-9-17(15)21)14(2)20-12-16-8-4-6-10-18(16)22/h3-14,21-22H,1-2H3/t13-,14+. The number of rotatable bonds is 5. The van der Waals surface area contributed by atoms with E-state index < -0.39 is 0 Å². The summed E-state index contributed by atoms with van der Waals surface area (Å²) in [7, 11) is 0. The van der Waals surface area contributed by atoms with E-state index in [9.17, 15) is 10.2 Å². The summed E-state index contributed by atoms with van der Waals surface area (Å²) < 4.78 is 0. The van der Waals surface area contributed by atoms with Crippen LogP contribution in [0.2, 0.25) is 0 Å². The minimum Gasteiger partial charge on any atom is -0.507 e. The molecule has 0 saturated carbocycles. The third-order valence-corrected chi connectivity index (χ3v) is 3.47. The first-order valence-corrected chi connectivity index (χ1v) is 7.20. The SMILES string of the molecule is C[C@H](N=Cc1ccccc1O)[C@@H](C)N=Cc1ccccc1O. The summed E-state index contributed by atoms with van der Waals surface area (Å²) in [5.41, 5.74) is 1.37. The zero-order valence-corrected chi connectivity index (χ0v) is 12.7. The van der Waals surface area contributed by atoms with Crippen molar-refractivity contribution in [1.82, 2.24) is 0 Å². The van der Waals surface area contributed by atoms with Crippen LogP contribution in [0.25, 0.3) is 0 Å². The highest BCUT2D eigenvalue weighted by Gasteiger charge is 2.08. The van der Waals surface area contributed by atoms with E-state index in [1.165, 1.54) is 0 Å². The summed E-state index contributed by atoms with van der Waals surface area (Å²) >= 11 is 0. The molecule has 2 atom stereocenters. The molecule has 2 aromatic rings. The highest BCUT2D eigenvalue weighted by atomic mass is 16.3. The van der Waals surface area contributed by atoms with Gasteiger partial charge in [-0.1, -0.05) is 24.3 Å². The zero-order valence-electron chi connectivity index (χ0n) is 12.7. The van der Waals surface area contributed by atoms with E-state index in [0.29, 0.717) is 11.1 Å². The lowest BCUT2D eigenvalue weighted by Crippen LogP contribution is -2.15. The first-order chi connectivity index (χ1) is 10.6. The molecule has 0 aromatic heterocycles. The number of aliphatic imine (C=N–C) groups is 2. The molecule has 2 aromatic carbocycles. The van der Waals surface area contributed by atoms with Crippen molar-refractivity contribution in [3.05, 3.63) is 59.7 Å². The van der Waals surface area contributed by atoms with Crippen molar-refractivity contribution in [2.45, 2.75) is 25.9 Å². The molecule has 0 aliphatic rings. The summed E-state index contributed by atoms with van der Waals surface area (Å²) in [5, 5.41) is 19.4. The van der Waals surface area contributed by atoms with Gasteiger partial charge in [-0.05, 0) is 38.1 Å². The van der Waals surface area contributed by atoms with E-state index >= 15 is 0 Å². The molecule has 0 fully saturated rings. The number of phenols is 2. The zero-order chi connectivity index (χ0) is 15.9. The van der Waals surface area contributed by atoms with Crippen LogP contribution in [0.5, 0.6) is 11.5 Å². The molecule has 2 N–H and O–H groups in total. The van der Waals surface area contributed by atoms with E-state index in [2.05, 4.69) is 9.98 Å². The van der Waals surface area contributed by atoms with E-state index in [4.69, 9.17) is 0 Å². The van der Waals surface area contributed by atoms with Gasteiger partial charge in [0.2, 0.25) is 0 Å². The van der Waals surface area contributed by atoms with Crippen LogP contribution >= 0.6 is 0 Å². The maximum absolute atomic E-state index is 9.70. The summed E-state index contributed by atoms with van der Waals surface area (Å²) in [4.78, 5) is 8.86. The summed E-state index contributed by atoms with van der Waals surface area (Å²) in [6, 6.07) is 14.0. The van der Waals surface area contributed by atoms with Crippen LogP contribution in [-0.2, 0) is 0 Å². The van der Waals surface area contributed by atoms with E-state index in [-0.39, 0.29) is 23.6 Å². The fourth-order valence-corrected chi connectivity index (χ4v) is 1.84. The Morgan fingerprint density at radius 2 is 1.09 bits per heavy atom. The quantitative estimate of drug-likeness (QED) is 0.830. The first-order valence-electron chi connectivity index (χ1n) is 7.20. The van der Waals surface area contributed by atoms with Crippen molar-refractivity contribution in [2.24, 2.45) is 9.98 Å². The van der Waals surface area contributed by atoms with Crippen molar-refractivity contribution in [3.8, 4) is 11.5 Å². The van der Waals surface area contributed by atoms with Crippen LogP contribution in [0.4, 0.5) is 0 Å². The Kier molecular flexibility index (Phi) is 5.31. The average molecular weight is 296 g/mol. The van der Waals surface area contributed by atoms with E-state index in [1.54, 1.807) is 36.7 Å². The lowest BCUT2D eigenvalue weighted by atomic mass is 10.1. The fourth-order valence-electron chi connectivity index (χ4n) is 1.84. The highest BCUT2D eigenvalue weighted by molar-refractivity contribution is 5.84. The van der Waals surface area contributed by atoms with Crippen LogP contribution in [0.1, 0.15) is 25.0 Å². The topological polar surface area (TPSA) is 65.2 Å². The molecule has 0 spiro atoms. The van der Waals surface area contributed by atoms with Gasteiger partial charge in [0.05, 0.1) is 12.1 Å². The molecule has 114 valence electrons. The van der Waals surface area contributed by atoms with Crippen LogP contribution in [0.3, 0.4) is 0 Å². The minimum atomic E-state index is -0.0401. The lowest BCUT2D eigenvalue weighted by molar-refractivity contribution is 0.473. The van der Waals surface area contributed by atoms with Crippen molar-refractivity contribution < 1.29 is 10.2 Å². The van der Waals surface area contributed by atoms with Crippen LogP contribution in [0.15, 0.2) is 58.5 Å². The van der Waals surface area contributed by atoms with Crippen molar-refractivity contribution in [1.29, 1.82) is 0 Å². The van der Waals surface area contributed by atoms with Crippen molar-refractivity contribution in [2.75, 3.05) is 0 Å². The van der Waals surface area contributed by atoms with E-state index in [1.807, 2.05) is 38.1 Å². The van der Waals surface area contributed by atoms with Gasteiger partial charge in [-0.2, -0.15) is 0 Å². The summed E-state index contributed by atoms with van der Waals surface area (Å²) in [5.74, 6) is 0.424. The van der Waals surface area contributed by atoms with Gasteiger partial charge in [0.25, 0.3) is 0 Å². The van der Waals surface area contributed by atoms with Gasteiger partial charge in [-0.25, -0.2) is 0 Å². The molecule has 22 heavy (non-hydrogen) atoms. The lowest BCUT2D eigenvalue weighted by Gasteiger charge is -2.11. The molecule has 0 saturated heterocycles. The third-order valence-electron chi connectivity index (χ3n) is 3.47. The minimum absolute atomic E-state index is 0.0401. The van der Waals surface area contributed by atoms with Gasteiger partial charge in [-0.15, -0.1) is 0 Å². The van der Waals surface area contributed by atoms with Crippen molar-refractivity contribution in [3.63, 3.8) is 0 Å². The molecular weight excluding hydrogens is 276 g/mol. The van der Waals surface area contributed by atoms with Gasteiger partial charge < -0.3 is 10.2 Å². The number of phenolic OH excluding ortho intramolecular Hbond substituents is 2. The van der Waals surface area contributed by atoms with Gasteiger partial charge in [-0.3, -0.25) is 9.98 Å². The molecule has 0 amide bonds. The molecule has 4 heteroatoms. The van der Waals surface area contributed by atoms with Gasteiger partial charge in [0.1, 0.15) is 11.5 Å². The summed E-state index contributed by atoms with van der Waals surface area (Å²) in [6.07, 6.45) is 3.32. The number of hydrogen-bond donors (Lipinski definition) is 2. The predicted molar refractivity (Wildman–Crippen MR) is 90.3 cm³/mol. The Balaban J connectivity index is 2.02. The molecule has 2 rings (SSSR count). The Morgan fingerprint density at radius 3 is 1.45 bits per heavy atom. The van der Waals surface area contributed by atoms with Crippen LogP contribution in [-0.4, -0.2) is 34.7 Å². The Morgan fingerprint density at radius 1 is 0.727 bits per heavy atom. The molecule has 0 aliphatic carbocycles. The molecular formula is C18H20N2O2. The fraction of sp³-hybridized carbons (Fsp3) is 0.222. The van der Waals surface area contributed by atoms with Gasteiger partial charge in [0, 0.05) is 23.6 Å². The number of benzene rings is 2. The van der Waals surface area contributed by atoms with Crippen molar-refractivity contribution >= 4 is 12.4 Å². The Labute approximate surface area is 130 Å². The number of nitrogens with zero attached hydrogens (tertiary/aromatic N) is 2. The van der Waals surface area contributed by atoms with Crippen LogP contribution < -0.4 is 0 Å². The maximum Gasteiger partial charge on any atom is 0.124 e. The second kappa shape index (κ2) is 7.41. The molecule has 0 aliphatic heterocycles. The predicted octanol–water partition coefficient (Wildman–Crippen LogP) is 3.41. The van der Waals surface area contributed by atoms with Crippen LogP contribution in [0, 0.1) is 0 Å². The number of para-hydroxylation sites is 2. The van der Waals surface area contributed by atoms with E-state index in [0.717, 1.165) is 0 Å². The maximum atomic E-state index is 9.70.